The summed E-state index contributed by atoms with van der Waals surface area (Å²) in [5, 5.41) is 18.7. The Morgan fingerprint density at radius 1 is 1.30 bits per heavy atom. The smallest absolute Gasteiger partial charge is 0.238 e. The van der Waals surface area contributed by atoms with Crippen LogP contribution in [0.5, 0.6) is 0 Å². The molecular weight excluding hydrogens is 422 g/mol. The first-order valence-electron chi connectivity index (χ1n) is 10.7. The van der Waals surface area contributed by atoms with E-state index >= 15 is 0 Å². The Labute approximate surface area is 190 Å². The number of aromatic amines is 1. The first-order valence-corrected chi connectivity index (χ1v) is 10.7. The van der Waals surface area contributed by atoms with E-state index in [0.717, 1.165) is 23.4 Å². The Bertz CT molecular complexity index is 1300. The Morgan fingerprint density at radius 2 is 2.18 bits per heavy atom. The summed E-state index contributed by atoms with van der Waals surface area (Å²) in [5.41, 5.74) is 3.14. The molecule has 1 aliphatic heterocycles. The molecule has 33 heavy (non-hydrogen) atoms. The summed E-state index contributed by atoms with van der Waals surface area (Å²) in [5.74, 6) is 1.90. The number of likely N-dealkylation sites (tertiary alicyclic amines) is 1. The average Bonchev–Trinajstić information content (AvgIpc) is 3.52. The standard InChI is InChI=1S/C22H25N9O2/c1-13-4-5-16(21-24-14(2)26-28-21)17(8-13)25-20(32)12-30-11-15(33-3)9-18(30)22-29-27-19-10-23-6-7-31(19)22/h4-8,10,15,18H,9,11-12H2,1-3H3,(H,25,32)(H,24,26,28)/t15-,18+/m1/s1. The van der Waals surface area contributed by atoms with Gasteiger partial charge in [-0.2, -0.15) is 5.10 Å². The number of carbonyl (C=O) groups excluding carboxylic acids is 1. The fraction of sp³-hybridized carbons (Fsp3) is 0.364. The van der Waals surface area contributed by atoms with Gasteiger partial charge in [0.2, 0.25) is 5.91 Å². The molecule has 1 aromatic carbocycles. The average molecular weight is 448 g/mol. The third kappa shape index (κ3) is 4.20. The van der Waals surface area contributed by atoms with Crippen molar-refractivity contribution < 1.29 is 9.53 Å². The van der Waals surface area contributed by atoms with Crippen LogP contribution in [-0.2, 0) is 9.53 Å². The van der Waals surface area contributed by atoms with Gasteiger partial charge in [0, 0.05) is 31.6 Å². The highest BCUT2D eigenvalue weighted by atomic mass is 16.5. The van der Waals surface area contributed by atoms with Crippen molar-refractivity contribution in [2.75, 3.05) is 25.5 Å². The van der Waals surface area contributed by atoms with E-state index in [-0.39, 0.29) is 24.6 Å². The molecule has 11 heteroatoms. The van der Waals surface area contributed by atoms with Crippen molar-refractivity contribution in [1.82, 2.24) is 39.7 Å². The lowest BCUT2D eigenvalue weighted by Crippen LogP contribution is -2.34. The molecule has 0 saturated carbocycles. The Balaban J connectivity index is 1.38. The van der Waals surface area contributed by atoms with Gasteiger partial charge in [-0.15, -0.1) is 10.2 Å². The van der Waals surface area contributed by atoms with Crippen LogP contribution in [0.1, 0.15) is 29.7 Å². The van der Waals surface area contributed by atoms with Crippen LogP contribution in [0, 0.1) is 13.8 Å². The zero-order valence-electron chi connectivity index (χ0n) is 18.7. The molecule has 0 spiro atoms. The molecule has 5 rings (SSSR count). The highest BCUT2D eigenvalue weighted by Gasteiger charge is 2.37. The van der Waals surface area contributed by atoms with Crippen LogP contribution >= 0.6 is 0 Å². The van der Waals surface area contributed by atoms with Gasteiger partial charge in [-0.3, -0.25) is 24.2 Å². The minimum Gasteiger partial charge on any atom is -0.380 e. The Hall–Kier alpha value is -3.70. The number of methoxy groups -OCH3 is 1. The second kappa shape index (κ2) is 8.68. The van der Waals surface area contributed by atoms with Crippen LogP contribution in [0.3, 0.4) is 0 Å². The lowest BCUT2D eigenvalue weighted by Gasteiger charge is -2.22. The molecule has 1 saturated heterocycles. The molecule has 0 bridgehead atoms. The molecule has 0 radical (unpaired) electrons. The van der Waals surface area contributed by atoms with Gasteiger partial charge in [0.25, 0.3) is 0 Å². The lowest BCUT2D eigenvalue weighted by atomic mass is 10.1. The van der Waals surface area contributed by atoms with Crippen molar-refractivity contribution in [2.45, 2.75) is 32.4 Å². The van der Waals surface area contributed by atoms with Crippen molar-refractivity contribution in [1.29, 1.82) is 0 Å². The van der Waals surface area contributed by atoms with Gasteiger partial charge >= 0.3 is 0 Å². The van der Waals surface area contributed by atoms with Gasteiger partial charge in [0.1, 0.15) is 5.82 Å². The number of hydrogen-bond donors (Lipinski definition) is 2. The molecular formula is C22H25N9O2. The van der Waals surface area contributed by atoms with Gasteiger partial charge in [-0.1, -0.05) is 6.07 Å². The molecule has 0 unspecified atom stereocenters. The van der Waals surface area contributed by atoms with E-state index in [1.54, 1.807) is 19.5 Å². The van der Waals surface area contributed by atoms with Gasteiger partial charge < -0.3 is 10.1 Å². The first-order chi connectivity index (χ1) is 16.0. The molecule has 1 fully saturated rings. The van der Waals surface area contributed by atoms with Crippen molar-refractivity contribution in [3.05, 3.63) is 54.0 Å². The number of rotatable bonds is 6. The highest BCUT2D eigenvalue weighted by molar-refractivity contribution is 5.96. The van der Waals surface area contributed by atoms with E-state index in [1.807, 2.05) is 42.6 Å². The van der Waals surface area contributed by atoms with E-state index in [1.165, 1.54) is 0 Å². The highest BCUT2D eigenvalue weighted by Crippen LogP contribution is 2.33. The number of carbonyl (C=O) groups is 1. The van der Waals surface area contributed by atoms with E-state index in [4.69, 9.17) is 4.74 Å². The predicted octanol–water partition coefficient (Wildman–Crippen LogP) is 1.93. The van der Waals surface area contributed by atoms with Crippen molar-refractivity contribution >= 4 is 17.2 Å². The minimum atomic E-state index is -0.133. The fourth-order valence-corrected chi connectivity index (χ4v) is 4.27. The van der Waals surface area contributed by atoms with Crippen LogP contribution in [0.25, 0.3) is 17.0 Å². The van der Waals surface area contributed by atoms with E-state index in [9.17, 15) is 4.79 Å². The predicted molar refractivity (Wildman–Crippen MR) is 120 cm³/mol. The molecule has 4 aromatic rings. The number of aromatic nitrogens is 7. The molecule has 1 amide bonds. The summed E-state index contributed by atoms with van der Waals surface area (Å²) >= 11 is 0. The van der Waals surface area contributed by atoms with Crippen molar-refractivity contribution in [3.8, 4) is 11.4 Å². The molecule has 170 valence electrons. The monoisotopic (exact) mass is 447 g/mol. The molecule has 3 aromatic heterocycles. The quantitative estimate of drug-likeness (QED) is 0.459. The van der Waals surface area contributed by atoms with Crippen LogP contribution < -0.4 is 5.32 Å². The first kappa shape index (κ1) is 21.2. The molecule has 11 nitrogen and oxygen atoms in total. The van der Waals surface area contributed by atoms with Crippen LogP contribution in [0.4, 0.5) is 5.69 Å². The SMILES string of the molecule is CO[C@@H]1C[C@@H](c2nnc3cnccn23)N(CC(=O)Nc2cc(C)ccc2-c2n[nH]c(C)n2)C1. The summed E-state index contributed by atoms with van der Waals surface area (Å²) in [6, 6.07) is 5.72. The minimum absolute atomic E-state index is 0.00255. The number of benzene rings is 1. The van der Waals surface area contributed by atoms with Gasteiger partial charge in [-0.05, 0) is 38.0 Å². The number of nitrogens with one attached hydrogen (secondary N) is 2. The van der Waals surface area contributed by atoms with Crippen LogP contribution in [-0.4, -0.2) is 71.9 Å². The number of nitrogens with zero attached hydrogens (tertiary/aromatic N) is 7. The largest absolute Gasteiger partial charge is 0.380 e. The van der Waals surface area contributed by atoms with Crippen molar-refractivity contribution in [2.24, 2.45) is 0 Å². The van der Waals surface area contributed by atoms with E-state index in [2.05, 4.69) is 40.6 Å². The molecule has 2 N–H and O–H groups in total. The second-order valence-electron chi connectivity index (χ2n) is 8.24. The van der Waals surface area contributed by atoms with Gasteiger partial charge in [0.05, 0.1) is 30.6 Å². The summed E-state index contributed by atoms with van der Waals surface area (Å²) < 4.78 is 7.52. The number of anilines is 1. The second-order valence-corrected chi connectivity index (χ2v) is 8.24. The molecule has 4 heterocycles. The van der Waals surface area contributed by atoms with Crippen LogP contribution in [0.15, 0.2) is 36.8 Å². The summed E-state index contributed by atoms with van der Waals surface area (Å²) in [6.45, 7) is 4.63. The topological polar surface area (TPSA) is 126 Å². The third-order valence-corrected chi connectivity index (χ3v) is 5.87. The third-order valence-electron chi connectivity index (χ3n) is 5.87. The van der Waals surface area contributed by atoms with Crippen LogP contribution in [0.2, 0.25) is 0 Å². The lowest BCUT2D eigenvalue weighted by molar-refractivity contribution is -0.117. The number of amides is 1. The van der Waals surface area contributed by atoms with Crippen molar-refractivity contribution in [3.63, 3.8) is 0 Å². The number of aryl methyl sites for hydroxylation is 2. The summed E-state index contributed by atoms with van der Waals surface area (Å²) in [7, 11) is 1.69. The Morgan fingerprint density at radius 3 is 2.97 bits per heavy atom. The number of hydrogen-bond acceptors (Lipinski definition) is 8. The molecule has 2 atom stereocenters. The number of ether oxygens (including phenoxy) is 1. The van der Waals surface area contributed by atoms with Gasteiger partial charge in [0.15, 0.2) is 17.3 Å². The number of fused-ring (bicyclic) bond motifs is 1. The summed E-state index contributed by atoms with van der Waals surface area (Å²) in [6.07, 6.45) is 5.92. The summed E-state index contributed by atoms with van der Waals surface area (Å²) in [4.78, 5) is 23.7. The zero-order valence-corrected chi connectivity index (χ0v) is 18.7. The fourth-order valence-electron chi connectivity index (χ4n) is 4.27. The van der Waals surface area contributed by atoms with E-state index in [0.29, 0.717) is 29.5 Å². The maximum atomic E-state index is 13.1. The molecule has 1 aliphatic rings. The zero-order chi connectivity index (χ0) is 22.9. The number of H-pyrrole nitrogens is 1. The van der Waals surface area contributed by atoms with E-state index < -0.39 is 0 Å². The van der Waals surface area contributed by atoms with Gasteiger partial charge in [-0.25, -0.2) is 4.98 Å². The molecule has 0 aliphatic carbocycles. The maximum absolute atomic E-state index is 13.1. The normalized spacial score (nSPS) is 18.8. The maximum Gasteiger partial charge on any atom is 0.238 e. The Kier molecular flexibility index (Phi) is 5.56.